The first kappa shape index (κ1) is 11.8. The first-order valence-electron chi connectivity index (χ1n) is 5.86. The van der Waals surface area contributed by atoms with E-state index >= 15 is 0 Å². The molecule has 0 aliphatic carbocycles. The zero-order valence-corrected chi connectivity index (χ0v) is 11.7. The molecule has 0 fully saturated rings. The summed E-state index contributed by atoms with van der Waals surface area (Å²) in [7, 11) is 0. The number of nitrogens with two attached hydrogens (primary N) is 1. The largest absolute Gasteiger partial charge is 0.323 e. The predicted octanol–water partition coefficient (Wildman–Crippen LogP) is 3.91. The number of hydrogen-bond donors (Lipinski definition) is 1. The van der Waals surface area contributed by atoms with Gasteiger partial charge in [-0.3, -0.25) is 0 Å². The molecule has 2 aromatic heterocycles. The molecule has 0 saturated heterocycles. The van der Waals surface area contributed by atoms with E-state index < -0.39 is 0 Å². The van der Waals surface area contributed by atoms with Crippen LogP contribution in [0.25, 0.3) is 10.1 Å². The van der Waals surface area contributed by atoms with Crippen LogP contribution in [0.1, 0.15) is 22.2 Å². The molecular formula is C14H14N2S2. The fourth-order valence-electron chi connectivity index (χ4n) is 2.19. The van der Waals surface area contributed by atoms with Gasteiger partial charge >= 0.3 is 0 Å². The maximum absolute atomic E-state index is 6.30. The van der Waals surface area contributed by atoms with Gasteiger partial charge in [-0.05, 0) is 35.7 Å². The number of fused-ring (bicyclic) bond motifs is 1. The lowest BCUT2D eigenvalue weighted by Crippen LogP contribution is -2.12. The number of benzene rings is 1. The van der Waals surface area contributed by atoms with Crippen molar-refractivity contribution in [2.24, 2.45) is 5.73 Å². The molecule has 0 aliphatic rings. The lowest BCUT2D eigenvalue weighted by Gasteiger charge is -2.09. The summed E-state index contributed by atoms with van der Waals surface area (Å²) >= 11 is 3.44. The molecule has 2 N–H and O–H groups in total. The highest BCUT2D eigenvalue weighted by Crippen LogP contribution is 2.30. The quantitative estimate of drug-likeness (QED) is 0.786. The summed E-state index contributed by atoms with van der Waals surface area (Å²) in [6, 6.07) is 8.55. The fraction of sp³-hybridized carbons (Fsp3) is 0.214. The number of thiazole rings is 1. The first-order valence-corrected chi connectivity index (χ1v) is 7.62. The second kappa shape index (κ2) is 4.80. The summed E-state index contributed by atoms with van der Waals surface area (Å²) in [6.07, 6.45) is 0.882. The van der Waals surface area contributed by atoms with E-state index in [0.29, 0.717) is 0 Å². The van der Waals surface area contributed by atoms with Gasteiger partial charge in [0.1, 0.15) is 0 Å². The minimum Gasteiger partial charge on any atom is -0.323 e. The van der Waals surface area contributed by atoms with Crippen molar-refractivity contribution in [1.82, 2.24) is 4.98 Å². The molecule has 92 valence electrons. The van der Waals surface area contributed by atoms with Crippen molar-refractivity contribution in [3.63, 3.8) is 0 Å². The third-order valence-electron chi connectivity index (χ3n) is 3.12. The Morgan fingerprint density at radius 2 is 2.11 bits per heavy atom. The van der Waals surface area contributed by atoms with Gasteiger partial charge in [0.2, 0.25) is 0 Å². The van der Waals surface area contributed by atoms with Gasteiger partial charge in [0, 0.05) is 15.6 Å². The number of aryl methyl sites for hydroxylation is 1. The standard InChI is InChI=1S/C14H14N2S2/c1-9-14(18-8-16-9)12(15)6-10-7-17-13-5-3-2-4-11(10)13/h2-5,7-8,12H,6,15H2,1H3. The average Bonchev–Trinajstić information content (AvgIpc) is 2.97. The molecule has 0 spiro atoms. The Balaban J connectivity index is 1.91. The monoisotopic (exact) mass is 274 g/mol. The van der Waals surface area contributed by atoms with Crippen LogP contribution in [0.15, 0.2) is 35.2 Å². The van der Waals surface area contributed by atoms with Crippen LogP contribution in [0.3, 0.4) is 0 Å². The van der Waals surface area contributed by atoms with Crippen LogP contribution >= 0.6 is 22.7 Å². The lowest BCUT2D eigenvalue weighted by molar-refractivity contribution is 0.733. The first-order chi connectivity index (χ1) is 8.75. The van der Waals surface area contributed by atoms with Crippen LogP contribution in [0.4, 0.5) is 0 Å². The molecule has 2 heterocycles. The van der Waals surface area contributed by atoms with Crippen molar-refractivity contribution >= 4 is 32.8 Å². The smallest absolute Gasteiger partial charge is 0.0798 e. The number of rotatable bonds is 3. The number of nitrogens with zero attached hydrogens (tertiary/aromatic N) is 1. The molecule has 0 aliphatic heterocycles. The van der Waals surface area contributed by atoms with E-state index in [1.807, 2.05) is 12.4 Å². The van der Waals surface area contributed by atoms with Crippen LogP contribution in [0, 0.1) is 6.92 Å². The van der Waals surface area contributed by atoms with Gasteiger partial charge < -0.3 is 5.73 Å². The molecule has 1 aromatic carbocycles. The molecule has 0 bridgehead atoms. The molecule has 2 nitrogen and oxygen atoms in total. The van der Waals surface area contributed by atoms with Crippen molar-refractivity contribution < 1.29 is 0 Å². The van der Waals surface area contributed by atoms with E-state index in [1.165, 1.54) is 20.5 Å². The van der Waals surface area contributed by atoms with Crippen molar-refractivity contribution in [3.05, 3.63) is 51.3 Å². The average molecular weight is 274 g/mol. The maximum atomic E-state index is 6.30. The molecule has 1 atom stereocenters. The molecule has 18 heavy (non-hydrogen) atoms. The highest BCUT2D eigenvalue weighted by Gasteiger charge is 2.14. The highest BCUT2D eigenvalue weighted by molar-refractivity contribution is 7.17. The minimum atomic E-state index is 0.0514. The Labute approximate surface area is 114 Å². The molecule has 0 saturated carbocycles. The summed E-state index contributed by atoms with van der Waals surface area (Å²) in [6.45, 7) is 2.03. The molecule has 3 rings (SSSR count). The Hall–Kier alpha value is -1.23. The van der Waals surface area contributed by atoms with E-state index in [1.54, 1.807) is 22.7 Å². The molecule has 0 amide bonds. The topological polar surface area (TPSA) is 38.9 Å². The molecule has 1 unspecified atom stereocenters. The summed E-state index contributed by atoms with van der Waals surface area (Å²) in [5, 5.41) is 3.56. The summed E-state index contributed by atoms with van der Waals surface area (Å²) in [5.41, 5.74) is 10.6. The van der Waals surface area contributed by atoms with Crippen LogP contribution < -0.4 is 5.73 Å². The number of thiophene rings is 1. The van der Waals surface area contributed by atoms with E-state index in [2.05, 4.69) is 34.6 Å². The second-order valence-corrected chi connectivity index (χ2v) is 6.17. The molecule has 0 radical (unpaired) electrons. The lowest BCUT2D eigenvalue weighted by atomic mass is 10.0. The van der Waals surface area contributed by atoms with Gasteiger partial charge in [-0.15, -0.1) is 22.7 Å². The third-order valence-corrected chi connectivity index (χ3v) is 5.20. The van der Waals surface area contributed by atoms with Gasteiger partial charge in [-0.1, -0.05) is 18.2 Å². The van der Waals surface area contributed by atoms with Gasteiger partial charge in [-0.2, -0.15) is 0 Å². The Bertz CT molecular complexity index is 669. The van der Waals surface area contributed by atoms with Crippen molar-refractivity contribution in [2.75, 3.05) is 0 Å². The van der Waals surface area contributed by atoms with Gasteiger partial charge in [-0.25, -0.2) is 4.98 Å². The summed E-state index contributed by atoms with van der Waals surface area (Å²) in [5.74, 6) is 0. The van der Waals surface area contributed by atoms with Crippen LogP contribution in [-0.2, 0) is 6.42 Å². The van der Waals surface area contributed by atoms with Crippen molar-refractivity contribution in [2.45, 2.75) is 19.4 Å². The third kappa shape index (κ3) is 2.07. The molecular weight excluding hydrogens is 260 g/mol. The minimum absolute atomic E-state index is 0.0514. The van der Waals surface area contributed by atoms with Crippen LogP contribution in [0.2, 0.25) is 0 Å². The van der Waals surface area contributed by atoms with E-state index in [9.17, 15) is 0 Å². The van der Waals surface area contributed by atoms with Crippen LogP contribution in [0.5, 0.6) is 0 Å². The van der Waals surface area contributed by atoms with Crippen molar-refractivity contribution in [1.29, 1.82) is 0 Å². The second-order valence-electron chi connectivity index (χ2n) is 4.37. The van der Waals surface area contributed by atoms with E-state index in [4.69, 9.17) is 5.73 Å². The Morgan fingerprint density at radius 3 is 2.89 bits per heavy atom. The van der Waals surface area contributed by atoms with E-state index in [0.717, 1.165) is 12.1 Å². The predicted molar refractivity (Wildman–Crippen MR) is 79.3 cm³/mol. The SMILES string of the molecule is Cc1ncsc1C(N)Cc1csc2ccccc12. The number of aromatic nitrogens is 1. The Morgan fingerprint density at radius 1 is 1.28 bits per heavy atom. The Kier molecular flexibility index (Phi) is 3.16. The maximum Gasteiger partial charge on any atom is 0.0798 e. The molecule has 4 heteroatoms. The molecule has 3 aromatic rings. The summed E-state index contributed by atoms with van der Waals surface area (Å²) < 4.78 is 1.33. The normalized spacial score (nSPS) is 13.0. The number of hydrogen-bond acceptors (Lipinski definition) is 4. The van der Waals surface area contributed by atoms with Gasteiger partial charge in [0.05, 0.1) is 11.2 Å². The summed E-state index contributed by atoms with van der Waals surface area (Å²) in [4.78, 5) is 5.47. The van der Waals surface area contributed by atoms with Gasteiger partial charge in [0.25, 0.3) is 0 Å². The van der Waals surface area contributed by atoms with Crippen LogP contribution in [-0.4, -0.2) is 4.98 Å². The zero-order valence-electron chi connectivity index (χ0n) is 10.1. The van der Waals surface area contributed by atoms with E-state index in [-0.39, 0.29) is 6.04 Å². The fourth-order valence-corrected chi connectivity index (χ4v) is 3.97. The van der Waals surface area contributed by atoms with Gasteiger partial charge in [0.15, 0.2) is 0 Å². The van der Waals surface area contributed by atoms with Crippen molar-refractivity contribution in [3.8, 4) is 0 Å². The zero-order chi connectivity index (χ0) is 12.5. The highest BCUT2D eigenvalue weighted by atomic mass is 32.1.